The molecule has 0 N–H and O–H groups in total. The van der Waals surface area contributed by atoms with Crippen molar-refractivity contribution >= 4 is 131 Å². The molecule has 24 rings (SSSR count). The number of aromatic nitrogens is 6. The molecule has 0 unspecified atom stereocenters. The minimum absolute atomic E-state index is 0.0394. The number of hydrogen-bond acceptors (Lipinski definition) is 0. The number of hydrogen-bond donors (Lipinski definition) is 0. The molecule has 0 aliphatic heterocycles. The molecule has 0 aliphatic rings. The van der Waals surface area contributed by atoms with Crippen molar-refractivity contribution in [3.8, 4) is 67.5 Å². The summed E-state index contributed by atoms with van der Waals surface area (Å²) in [5, 5.41) is 7.35. The van der Waals surface area contributed by atoms with E-state index < -0.39 is 121 Å². The van der Waals surface area contributed by atoms with E-state index in [9.17, 15) is 0 Å². The van der Waals surface area contributed by atoms with Gasteiger partial charge in [0, 0.05) is 98.8 Å². The Labute approximate surface area is 717 Å². The van der Waals surface area contributed by atoms with E-state index in [4.69, 9.17) is 32.9 Å². The van der Waals surface area contributed by atoms with E-state index in [1.165, 1.54) is 80.8 Å². The third-order valence-corrected chi connectivity index (χ3v) is 22.4. The molecule has 0 atom stereocenters. The van der Waals surface area contributed by atoms with Gasteiger partial charge in [-0.1, -0.05) is 299 Å². The minimum atomic E-state index is -0.552. The predicted octanol–water partition coefficient (Wildman–Crippen LogP) is 29.9. The summed E-state index contributed by atoms with van der Waals surface area (Å²) in [6.45, 7) is 6.85. The Morgan fingerprint density at radius 3 is 0.593 bits per heavy atom. The quantitative estimate of drug-likeness (QED) is 0.138. The van der Waals surface area contributed by atoms with Crippen LogP contribution in [0.2, 0.25) is 0 Å². The van der Waals surface area contributed by atoms with Crippen molar-refractivity contribution in [1.29, 1.82) is 0 Å². The van der Waals surface area contributed by atoms with Crippen LogP contribution in [0.5, 0.6) is 0 Å². The van der Waals surface area contributed by atoms with Crippen molar-refractivity contribution < 1.29 is 32.9 Å². The third-order valence-electron chi connectivity index (χ3n) is 22.4. The molecule has 0 saturated heterocycles. The maximum absolute atomic E-state index is 8.84. The topological polar surface area (TPSA) is 29.6 Å². The average molecular weight is 1530 g/mol. The van der Waals surface area contributed by atoms with E-state index in [1.54, 1.807) is 59.2 Å². The van der Waals surface area contributed by atoms with Gasteiger partial charge in [0.2, 0.25) is 0 Å². The Morgan fingerprint density at radius 1 is 0.169 bits per heavy atom. The number of rotatable bonds is 9. The van der Waals surface area contributed by atoms with Crippen LogP contribution in [0.15, 0.2) is 430 Å². The lowest BCUT2D eigenvalue weighted by Gasteiger charge is -2.19. The summed E-state index contributed by atoms with van der Waals surface area (Å²) in [7, 11) is 0. The molecule has 18 aromatic carbocycles. The first-order valence-electron chi connectivity index (χ1n) is 50.8. The molecular formula is C112H80N6. The molecule has 6 heterocycles. The van der Waals surface area contributed by atoms with Crippen LogP contribution in [-0.4, -0.2) is 27.4 Å². The fourth-order valence-electron chi connectivity index (χ4n) is 17.1. The highest BCUT2D eigenvalue weighted by Crippen LogP contribution is 2.42. The molecule has 558 valence electrons. The molecule has 0 fully saturated rings. The van der Waals surface area contributed by atoms with Crippen LogP contribution in [0.3, 0.4) is 0 Å². The first-order valence-corrected chi connectivity index (χ1v) is 38.8. The molecule has 0 radical (unpaired) electrons. The van der Waals surface area contributed by atoms with Gasteiger partial charge >= 0.3 is 0 Å². The van der Waals surface area contributed by atoms with Crippen molar-refractivity contribution in [3.05, 3.63) is 436 Å². The van der Waals surface area contributed by atoms with Crippen LogP contribution in [0.25, 0.3) is 198 Å². The SMILES string of the molecule is CC(C)(C)c1ccc2c(c1)c1ccccc1n2-c1cccc(-c2cccc(-n3c4ccccc4c4ccccc43)c2)c1.[2H]c1c([2H])c([2H])c2c(c1[2H])c1c([2H])c([2H])c([2H])c([2H])c1n2-c1cccc(-c2cccc(-n3c4c([2H])c([2H])c([2H])c([2H])c4c4c([2H])c([2H])c([2H])c([2H])c43)c2)c1.[2H]c1c([2H])c([2H])c2c(c1[2H])c1c([2H])c([2H])c([2H])c([2H])c1n2-c1cccc(-c2cccc(-n3c4ccccc4c4ccccc43)c2)c1. The minimum Gasteiger partial charge on any atom is -0.309 e. The summed E-state index contributed by atoms with van der Waals surface area (Å²) in [5.41, 5.74) is 18.3. The Hall–Kier alpha value is -15.2. The summed E-state index contributed by atoms with van der Waals surface area (Å²) in [6, 6.07) is 85.6. The molecule has 6 aromatic heterocycles. The zero-order valence-corrected chi connectivity index (χ0v) is 63.8. The van der Waals surface area contributed by atoms with Crippen molar-refractivity contribution in [2.75, 3.05) is 0 Å². The molecule has 0 spiro atoms. The van der Waals surface area contributed by atoms with Gasteiger partial charge in [-0.05, 0) is 196 Å². The maximum atomic E-state index is 8.84. The third kappa shape index (κ3) is 11.7. The Morgan fingerprint density at radius 2 is 0.364 bits per heavy atom. The highest BCUT2D eigenvalue weighted by Gasteiger charge is 2.22. The van der Waals surface area contributed by atoms with Crippen LogP contribution in [0.1, 0.15) is 59.2 Å². The first kappa shape index (κ1) is 48.7. The summed E-state index contributed by atoms with van der Waals surface area (Å²) >= 11 is 0. The highest BCUT2D eigenvalue weighted by atomic mass is 15.0. The second-order valence-electron chi connectivity index (χ2n) is 30.2. The van der Waals surface area contributed by atoms with E-state index in [-0.39, 0.29) is 95.0 Å². The normalized spacial score (nSPS) is 14.7. The molecule has 0 amide bonds. The largest absolute Gasteiger partial charge is 0.309 e. The fourth-order valence-corrected chi connectivity index (χ4v) is 17.1. The maximum Gasteiger partial charge on any atom is 0.0645 e. The molecule has 24 aromatic rings. The fraction of sp³-hybridized carbons (Fsp3) is 0.0357. The lowest BCUT2D eigenvalue weighted by atomic mass is 9.86. The van der Waals surface area contributed by atoms with Gasteiger partial charge < -0.3 is 27.4 Å². The van der Waals surface area contributed by atoms with Gasteiger partial charge in [-0.2, -0.15) is 0 Å². The van der Waals surface area contributed by atoms with E-state index in [1.807, 2.05) is 54.6 Å². The van der Waals surface area contributed by atoms with Gasteiger partial charge in [-0.15, -0.1) is 0 Å². The number of benzene rings is 18. The molecule has 0 aliphatic carbocycles. The zero-order chi connectivity index (χ0) is 99.4. The lowest BCUT2D eigenvalue weighted by Crippen LogP contribution is -2.10. The van der Waals surface area contributed by atoms with E-state index >= 15 is 0 Å². The van der Waals surface area contributed by atoms with Gasteiger partial charge in [0.15, 0.2) is 0 Å². The number of nitrogens with zero attached hydrogens (tertiary/aromatic N) is 6. The molecule has 6 heteroatoms. The number of para-hydroxylation sites is 11. The molecule has 118 heavy (non-hydrogen) atoms. The van der Waals surface area contributed by atoms with E-state index in [2.05, 4.69) is 210 Å². The molecule has 0 saturated carbocycles. The van der Waals surface area contributed by atoms with Gasteiger partial charge in [-0.25, -0.2) is 0 Å². The van der Waals surface area contributed by atoms with Gasteiger partial charge in [0.1, 0.15) is 0 Å². The molecule has 0 bridgehead atoms. The Bertz CT molecular complexity index is 9090. The van der Waals surface area contributed by atoms with Gasteiger partial charge in [0.05, 0.1) is 99.1 Å². The van der Waals surface area contributed by atoms with Crippen LogP contribution in [-0.2, 0) is 5.41 Å². The Kier molecular flexibility index (Phi) is 11.7. The highest BCUT2D eigenvalue weighted by molar-refractivity contribution is 6.14. The van der Waals surface area contributed by atoms with Crippen molar-refractivity contribution in [3.63, 3.8) is 0 Å². The van der Waals surface area contributed by atoms with E-state index in [0.717, 1.165) is 38.6 Å². The van der Waals surface area contributed by atoms with Crippen LogP contribution < -0.4 is 0 Å². The van der Waals surface area contributed by atoms with Crippen LogP contribution >= 0.6 is 0 Å². The van der Waals surface area contributed by atoms with Gasteiger partial charge in [0.25, 0.3) is 0 Å². The molecule has 6 nitrogen and oxygen atoms in total. The van der Waals surface area contributed by atoms with Crippen LogP contribution in [0.4, 0.5) is 0 Å². The predicted molar refractivity (Wildman–Crippen MR) is 500 cm³/mol. The monoisotopic (exact) mass is 1530 g/mol. The standard InChI is InChI=1S/C40H32N2.2C36H24N2/c1-40(2,3)29-22-23-39-35(26-29)34-18-6-9-21-38(34)42(39)31-15-11-13-28(25-31)27-12-10-14-30(24-27)41-36-19-7-4-16-32(36)33-17-5-8-20-37(33)41;2*1-5-19-33-29(15-1)30-16-2-6-20-34(30)37(33)27-13-9-11-25(23-27)26-12-10-14-28(24-26)38-35-21-7-3-17-31(35)32-18-4-8-22-36(32)38/h4-26H,1-3H3;2*1-24H/i;1D,2D,3D,4D,5D,6D,7D,8D,15D,16D,17D,18D,19D,20D,21D,22D;1D,2D,5D,6D,15D,16D,19D,20D. The summed E-state index contributed by atoms with van der Waals surface area (Å²) < 4.78 is 217. The second-order valence-corrected chi connectivity index (χ2v) is 30.2. The summed E-state index contributed by atoms with van der Waals surface area (Å²) in [6.07, 6.45) is 0. The smallest absolute Gasteiger partial charge is 0.0645 e. The average Bonchev–Trinajstić information content (AvgIpc) is 1.55. The summed E-state index contributed by atoms with van der Waals surface area (Å²) in [5.74, 6) is 0. The zero-order valence-electron chi connectivity index (χ0n) is 87.8. The van der Waals surface area contributed by atoms with Crippen molar-refractivity contribution in [1.82, 2.24) is 27.4 Å². The number of fused-ring (bicyclic) bond motifs is 18. The van der Waals surface area contributed by atoms with Crippen molar-refractivity contribution in [2.45, 2.75) is 26.2 Å². The van der Waals surface area contributed by atoms with Crippen LogP contribution in [0, 0.1) is 0 Å². The van der Waals surface area contributed by atoms with Gasteiger partial charge in [-0.3, -0.25) is 0 Å². The van der Waals surface area contributed by atoms with Crippen molar-refractivity contribution in [2.24, 2.45) is 0 Å². The molecular weight excluding hydrogens is 1430 g/mol. The lowest BCUT2D eigenvalue weighted by molar-refractivity contribution is 0.591. The first-order chi connectivity index (χ1) is 68.2. The summed E-state index contributed by atoms with van der Waals surface area (Å²) in [4.78, 5) is 0. The van der Waals surface area contributed by atoms with E-state index in [0.29, 0.717) is 28.2 Å². The Balaban J connectivity index is 0.000000123. The second kappa shape index (κ2) is 28.4.